The van der Waals surface area contributed by atoms with Crippen LogP contribution in [0, 0.1) is 0 Å². The lowest BCUT2D eigenvalue weighted by atomic mass is 10.1. The highest BCUT2D eigenvalue weighted by molar-refractivity contribution is 4.72. The van der Waals surface area contributed by atoms with Crippen molar-refractivity contribution in [3.05, 3.63) is 0 Å². The predicted molar refractivity (Wildman–Crippen MR) is 43.8 cm³/mol. The zero-order valence-electron chi connectivity index (χ0n) is 7.97. The van der Waals surface area contributed by atoms with E-state index in [1.54, 1.807) is 0 Å². The van der Waals surface area contributed by atoms with Gasteiger partial charge in [0.2, 0.25) is 0 Å². The van der Waals surface area contributed by atoms with Gasteiger partial charge in [-0.1, -0.05) is 0 Å². The summed E-state index contributed by atoms with van der Waals surface area (Å²) < 4.78 is 40.0. The summed E-state index contributed by atoms with van der Waals surface area (Å²) in [6.07, 6.45) is -5.27. The Labute approximate surface area is 80.5 Å². The molecule has 6 heteroatoms. The van der Waals surface area contributed by atoms with E-state index in [0.29, 0.717) is 0 Å². The highest BCUT2D eigenvalue weighted by Crippen LogP contribution is 2.21. The second-order valence-corrected chi connectivity index (χ2v) is 3.33. The Morgan fingerprint density at radius 2 is 1.64 bits per heavy atom. The van der Waals surface area contributed by atoms with Crippen LogP contribution in [0.1, 0.15) is 19.8 Å². The largest absolute Gasteiger partial charge is 0.393 e. The number of alkyl halides is 3. The quantitative estimate of drug-likeness (QED) is 0.653. The van der Waals surface area contributed by atoms with Crippen LogP contribution < -0.4 is 0 Å². The Bertz CT molecular complexity index is 154. The lowest BCUT2D eigenvalue weighted by Crippen LogP contribution is -2.37. The predicted octanol–water partition coefficient (Wildman–Crippen LogP) is 1.09. The van der Waals surface area contributed by atoms with Crippen molar-refractivity contribution >= 4 is 0 Å². The fourth-order valence-electron chi connectivity index (χ4n) is 0.732. The van der Waals surface area contributed by atoms with E-state index in [-0.39, 0.29) is 13.0 Å². The summed E-state index contributed by atoms with van der Waals surface area (Å²) in [4.78, 5) is 0. The van der Waals surface area contributed by atoms with Gasteiger partial charge in [-0.3, -0.25) is 0 Å². The van der Waals surface area contributed by atoms with Crippen LogP contribution >= 0.6 is 0 Å². The minimum atomic E-state index is -4.18. The second kappa shape index (κ2) is 5.53. The number of aliphatic hydroxyl groups excluding tert-OH is 2. The van der Waals surface area contributed by atoms with Crippen LogP contribution in [0.3, 0.4) is 0 Å². The normalized spacial score (nSPS) is 13.3. The van der Waals surface area contributed by atoms with Gasteiger partial charge in [-0.2, -0.15) is 13.2 Å². The van der Waals surface area contributed by atoms with Crippen LogP contribution in [0.4, 0.5) is 13.2 Å². The van der Waals surface area contributed by atoms with Gasteiger partial charge in [0.1, 0.15) is 5.60 Å². The molecule has 0 atom stereocenters. The Hall–Kier alpha value is -0.330. The molecule has 0 spiro atoms. The topological polar surface area (TPSA) is 49.7 Å². The molecule has 0 fully saturated rings. The summed E-state index contributed by atoms with van der Waals surface area (Å²) in [7, 11) is 0. The van der Waals surface area contributed by atoms with E-state index in [2.05, 4.69) is 0 Å². The fourth-order valence-corrected chi connectivity index (χ4v) is 0.732. The van der Waals surface area contributed by atoms with Crippen molar-refractivity contribution in [2.24, 2.45) is 0 Å². The summed E-state index contributed by atoms with van der Waals surface area (Å²) >= 11 is 0. The molecule has 0 heterocycles. The Morgan fingerprint density at radius 1 is 1.14 bits per heavy atom. The van der Waals surface area contributed by atoms with Gasteiger partial charge in [0.05, 0.1) is 13.2 Å². The molecule has 0 aliphatic rings. The molecule has 86 valence electrons. The van der Waals surface area contributed by atoms with Gasteiger partial charge in [-0.25, -0.2) is 0 Å². The van der Waals surface area contributed by atoms with Crippen molar-refractivity contribution in [1.29, 1.82) is 0 Å². The highest BCUT2D eigenvalue weighted by atomic mass is 19.4. The Morgan fingerprint density at radius 3 is 2.00 bits per heavy atom. The molecule has 0 aromatic rings. The van der Waals surface area contributed by atoms with Gasteiger partial charge in [0.25, 0.3) is 0 Å². The molecule has 14 heavy (non-hydrogen) atoms. The first-order valence-corrected chi connectivity index (χ1v) is 4.25. The van der Waals surface area contributed by atoms with Gasteiger partial charge in [0.15, 0.2) is 0 Å². The molecular formula is C8H15F3O3. The van der Waals surface area contributed by atoms with E-state index in [9.17, 15) is 13.2 Å². The standard InChI is InChI=1S/C8H15F3O3/c1-7(5-12,6-13)14-4-2-3-8(9,10)11/h12-13H,2-6H2,1H3. The van der Waals surface area contributed by atoms with Gasteiger partial charge >= 0.3 is 6.18 Å². The van der Waals surface area contributed by atoms with Crippen molar-refractivity contribution in [3.63, 3.8) is 0 Å². The van der Waals surface area contributed by atoms with Crippen molar-refractivity contribution in [2.45, 2.75) is 31.5 Å². The number of rotatable bonds is 6. The molecule has 0 saturated carbocycles. The van der Waals surface area contributed by atoms with E-state index in [0.717, 1.165) is 0 Å². The highest BCUT2D eigenvalue weighted by Gasteiger charge is 2.27. The van der Waals surface area contributed by atoms with Crippen LogP contribution in [-0.2, 0) is 4.74 Å². The number of halogens is 3. The van der Waals surface area contributed by atoms with Gasteiger partial charge in [0, 0.05) is 13.0 Å². The zero-order valence-corrected chi connectivity index (χ0v) is 7.97. The molecule has 0 aromatic carbocycles. The molecule has 0 aliphatic heterocycles. The number of aliphatic hydroxyl groups is 2. The number of ether oxygens (including phenoxy) is 1. The summed E-state index contributed by atoms with van der Waals surface area (Å²) in [6.45, 7) is 0.461. The fraction of sp³-hybridized carbons (Fsp3) is 1.00. The molecule has 0 bridgehead atoms. The maximum atomic E-state index is 11.7. The van der Waals surface area contributed by atoms with Crippen LogP contribution in [-0.4, -0.2) is 41.8 Å². The average molecular weight is 216 g/mol. The molecule has 0 amide bonds. The maximum absolute atomic E-state index is 11.7. The van der Waals surface area contributed by atoms with Crippen LogP contribution in [0.15, 0.2) is 0 Å². The first kappa shape index (κ1) is 13.7. The molecule has 0 saturated heterocycles. The molecule has 0 aliphatic carbocycles. The van der Waals surface area contributed by atoms with Crippen molar-refractivity contribution in [2.75, 3.05) is 19.8 Å². The lowest BCUT2D eigenvalue weighted by Gasteiger charge is -2.25. The third kappa shape index (κ3) is 6.17. The third-order valence-corrected chi connectivity index (χ3v) is 1.72. The van der Waals surface area contributed by atoms with Gasteiger partial charge in [-0.15, -0.1) is 0 Å². The maximum Gasteiger partial charge on any atom is 0.389 e. The summed E-state index contributed by atoms with van der Waals surface area (Å²) in [5.74, 6) is 0. The average Bonchev–Trinajstić information content (AvgIpc) is 2.11. The van der Waals surface area contributed by atoms with Crippen molar-refractivity contribution in [3.8, 4) is 0 Å². The van der Waals surface area contributed by atoms with Crippen LogP contribution in [0.25, 0.3) is 0 Å². The zero-order chi connectivity index (χ0) is 11.2. The lowest BCUT2D eigenvalue weighted by molar-refractivity contribution is -0.145. The number of hydrogen-bond donors (Lipinski definition) is 2. The molecule has 0 radical (unpaired) electrons. The molecule has 2 N–H and O–H groups in total. The molecular weight excluding hydrogens is 201 g/mol. The first-order valence-electron chi connectivity index (χ1n) is 4.25. The SMILES string of the molecule is CC(CO)(CO)OCCCC(F)(F)F. The Kier molecular flexibility index (Phi) is 5.40. The third-order valence-electron chi connectivity index (χ3n) is 1.72. The number of hydrogen-bond acceptors (Lipinski definition) is 3. The minimum absolute atomic E-state index is 0.128. The summed E-state index contributed by atoms with van der Waals surface area (Å²) in [6, 6.07) is 0. The smallest absolute Gasteiger partial charge is 0.389 e. The molecule has 0 aromatic heterocycles. The van der Waals surface area contributed by atoms with E-state index in [1.807, 2.05) is 0 Å². The van der Waals surface area contributed by atoms with E-state index in [1.165, 1.54) is 6.92 Å². The molecule has 0 rings (SSSR count). The van der Waals surface area contributed by atoms with Crippen molar-refractivity contribution in [1.82, 2.24) is 0 Å². The van der Waals surface area contributed by atoms with Gasteiger partial charge in [-0.05, 0) is 13.3 Å². The van der Waals surface area contributed by atoms with Crippen molar-refractivity contribution < 1.29 is 28.1 Å². The van der Waals surface area contributed by atoms with Gasteiger partial charge < -0.3 is 14.9 Å². The molecule has 3 nitrogen and oxygen atoms in total. The van der Waals surface area contributed by atoms with E-state index >= 15 is 0 Å². The first-order chi connectivity index (χ1) is 6.33. The van der Waals surface area contributed by atoms with E-state index in [4.69, 9.17) is 14.9 Å². The minimum Gasteiger partial charge on any atom is -0.393 e. The summed E-state index contributed by atoms with van der Waals surface area (Å²) in [5, 5.41) is 17.5. The van der Waals surface area contributed by atoms with Crippen LogP contribution in [0.5, 0.6) is 0 Å². The summed E-state index contributed by atoms with van der Waals surface area (Å²) in [5.41, 5.74) is -1.15. The monoisotopic (exact) mass is 216 g/mol. The Balaban J connectivity index is 3.63. The second-order valence-electron chi connectivity index (χ2n) is 3.33. The molecule has 0 unspecified atom stereocenters. The van der Waals surface area contributed by atoms with Crippen LogP contribution in [0.2, 0.25) is 0 Å². The van der Waals surface area contributed by atoms with E-state index < -0.39 is 31.4 Å².